The zero-order valence-corrected chi connectivity index (χ0v) is 14.8. The first-order valence-corrected chi connectivity index (χ1v) is 8.56. The van der Waals surface area contributed by atoms with E-state index >= 15 is 0 Å². The Labute approximate surface area is 156 Å². The van der Waals surface area contributed by atoms with Gasteiger partial charge in [0.15, 0.2) is 12.2 Å². The average molecular weight is 358 g/mol. The van der Waals surface area contributed by atoms with Crippen molar-refractivity contribution in [3.63, 3.8) is 0 Å². The fourth-order valence-corrected chi connectivity index (χ4v) is 2.87. The van der Waals surface area contributed by atoms with Crippen molar-refractivity contribution in [2.45, 2.75) is 13.5 Å². The number of amides is 1. The molecule has 27 heavy (non-hydrogen) atoms. The minimum absolute atomic E-state index is 0.158. The van der Waals surface area contributed by atoms with Crippen molar-refractivity contribution in [3.05, 3.63) is 90.5 Å². The first kappa shape index (κ1) is 16.8. The van der Waals surface area contributed by atoms with E-state index in [1.807, 2.05) is 54.1 Å². The van der Waals surface area contributed by atoms with E-state index in [-0.39, 0.29) is 5.91 Å². The molecule has 0 unspecified atom stereocenters. The molecule has 4 aromatic rings. The number of oxazole rings is 1. The average Bonchev–Trinajstić information content (AvgIpc) is 3.36. The van der Waals surface area contributed by atoms with Crippen molar-refractivity contribution in [3.8, 4) is 11.3 Å². The summed E-state index contributed by atoms with van der Waals surface area (Å²) in [7, 11) is 0. The fourth-order valence-electron chi connectivity index (χ4n) is 2.87. The van der Waals surface area contributed by atoms with Crippen LogP contribution in [0.2, 0.25) is 0 Å². The van der Waals surface area contributed by atoms with Crippen LogP contribution >= 0.6 is 0 Å². The van der Waals surface area contributed by atoms with Gasteiger partial charge in [-0.1, -0.05) is 30.3 Å². The van der Waals surface area contributed by atoms with Gasteiger partial charge in [0.2, 0.25) is 0 Å². The minimum Gasteiger partial charge on any atom is -0.444 e. The number of imidazole rings is 1. The van der Waals surface area contributed by atoms with Crippen LogP contribution in [0, 0.1) is 6.92 Å². The molecule has 1 amide bonds. The van der Waals surface area contributed by atoms with Crippen molar-refractivity contribution in [1.82, 2.24) is 14.5 Å². The topological polar surface area (TPSA) is 73.0 Å². The first-order valence-electron chi connectivity index (χ1n) is 8.56. The molecule has 1 N–H and O–H groups in total. The quantitative estimate of drug-likeness (QED) is 0.582. The Hall–Kier alpha value is -3.67. The van der Waals surface area contributed by atoms with Crippen LogP contribution < -0.4 is 5.32 Å². The number of hydrogen-bond acceptors (Lipinski definition) is 4. The summed E-state index contributed by atoms with van der Waals surface area (Å²) in [4.78, 5) is 20.8. The Kier molecular flexibility index (Phi) is 4.53. The lowest BCUT2D eigenvalue weighted by molar-refractivity contribution is 0.102. The van der Waals surface area contributed by atoms with Crippen molar-refractivity contribution in [2.24, 2.45) is 0 Å². The highest BCUT2D eigenvalue weighted by Crippen LogP contribution is 2.21. The first-order chi connectivity index (χ1) is 13.2. The summed E-state index contributed by atoms with van der Waals surface area (Å²) in [5.41, 5.74) is 3.26. The standard InChI is InChI=1S/C21H18N4O2/c1-15-23-10-11-25(15)13-18-4-2-3-5-19(18)24-21(26)17-8-6-16(7-9-17)20-12-22-14-27-20/h2-12,14H,13H2,1H3,(H,24,26). The predicted molar refractivity (Wildman–Crippen MR) is 102 cm³/mol. The van der Waals surface area contributed by atoms with Gasteiger partial charge in [-0.15, -0.1) is 0 Å². The summed E-state index contributed by atoms with van der Waals surface area (Å²) in [6.45, 7) is 2.60. The Morgan fingerprint density at radius 3 is 2.67 bits per heavy atom. The molecule has 0 fully saturated rings. The van der Waals surface area contributed by atoms with E-state index in [0.717, 1.165) is 22.6 Å². The van der Waals surface area contributed by atoms with E-state index in [0.29, 0.717) is 17.9 Å². The monoisotopic (exact) mass is 358 g/mol. The molecule has 0 atom stereocenters. The van der Waals surface area contributed by atoms with Gasteiger partial charge < -0.3 is 14.3 Å². The largest absolute Gasteiger partial charge is 0.444 e. The summed E-state index contributed by atoms with van der Waals surface area (Å²) in [5.74, 6) is 1.44. The number of hydrogen-bond donors (Lipinski definition) is 1. The highest BCUT2D eigenvalue weighted by atomic mass is 16.3. The summed E-state index contributed by atoms with van der Waals surface area (Å²) < 4.78 is 7.31. The zero-order chi connectivity index (χ0) is 18.6. The molecular formula is C21H18N4O2. The molecule has 2 aromatic heterocycles. The summed E-state index contributed by atoms with van der Waals surface area (Å²) in [6.07, 6.45) is 6.72. The van der Waals surface area contributed by atoms with Crippen LogP contribution in [0.15, 0.2) is 77.9 Å². The second-order valence-corrected chi connectivity index (χ2v) is 6.16. The Morgan fingerprint density at radius 2 is 1.96 bits per heavy atom. The van der Waals surface area contributed by atoms with Gasteiger partial charge in [-0.25, -0.2) is 9.97 Å². The fraction of sp³-hybridized carbons (Fsp3) is 0.0952. The molecule has 0 saturated carbocycles. The number of carbonyl (C=O) groups excluding carboxylic acids is 1. The maximum absolute atomic E-state index is 12.7. The van der Waals surface area contributed by atoms with Gasteiger partial charge in [0.25, 0.3) is 5.91 Å². The number of aryl methyl sites for hydroxylation is 1. The zero-order valence-electron chi connectivity index (χ0n) is 14.8. The van der Waals surface area contributed by atoms with Crippen molar-refractivity contribution in [1.29, 1.82) is 0 Å². The molecular weight excluding hydrogens is 340 g/mol. The second-order valence-electron chi connectivity index (χ2n) is 6.16. The molecule has 6 nitrogen and oxygen atoms in total. The predicted octanol–water partition coefficient (Wildman–Crippen LogP) is 4.15. The molecule has 0 bridgehead atoms. The van der Waals surface area contributed by atoms with Crippen molar-refractivity contribution < 1.29 is 9.21 Å². The van der Waals surface area contributed by atoms with E-state index in [1.165, 1.54) is 6.39 Å². The van der Waals surface area contributed by atoms with E-state index < -0.39 is 0 Å². The molecule has 0 aliphatic carbocycles. The second kappa shape index (κ2) is 7.29. The highest BCUT2D eigenvalue weighted by molar-refractivity contribution is 6.04. The molecule has 0 aliphatic rings. The number of para-hydroxylation sites is 1. The maximum Gasteiger partial charge on any atom is 0.255 e. The third kappa shape index (κ3) is 3.64. The highest BCUT2D eigenvalue weighted by Gasteiger charge is 2.11. The Bertz CT molecular complexity index is 1050. The number of rotatable bonds is 5. The SMILES string of the molecule is Cc1nccn1Cc1ccccc1NC(=O)c1ccc(-c2cnco2)cc1. The van der Waals surface area contributed by atoms with Gasteiger partial charge in [-0.2, -0.15) is 0 Å². The molecule has 6 heteroatoms. The third-order valence-electron chi connectivity index (χ3n) is 4.39. The molecule has 134 valence electrons. The molecule has 0 aliphatic heterocycles. The molecule has 0 radical (unpaired) electrons. The van der Waals surface area contributed by atoms with Crippen LogP contribution in [0.1, 0.15) is 21.7 Å². The number of carbonyl (C=O) groups is 1. The van der Waals surface area contributed by atoms with Crippen LogP contribution in [0.3, 0.4) is 0 Å². The number of benzene rings is 2. The lowest BCUT2D eigenvalue weighted by Gasteiger charge is -2.12. The van der Waals surface area contributed by atoms with Crippen molar-refractivity contribution in [2.75, 3.05) is 5.32 Å². The van der Waals surface area contributed by atoms with Crippen LogP contribution in [0.25, 0.3) is 11.3 Å². The van der Waals surface area contributed by atoms with E-state index in [9.17, 15) is 4.79 Å². The van der Waals surface area contributed by atoms with Crippen LogP contribution in [0.5, 0.6) is 0 Å². The number of nitrogens with zero attached hydrogens (tertiary/aromatic N) is 3. The van der Waals surface area contributed by atoms with Gasteiger partial charge in [-0.3, -0.25) is 4.79 Å². The van der Waals surface area contributed by atoms with Gasteiger partial charge in [-0.05, 0) is 30.7 Å². The van der Waals surface area contributed by atoms with Gasteiger partial charge in [0, 0.05) is 29.2 Å². The van der Waals surface area contributed by atoms with Gasteiger partial charge >= 0.3 is 0 Å². The molecule has 2 aromatic carbocycles. The van der Waals surface area contributed by atoms with Crippen LogP contribution in [-0.4, -0.2) is 20.4 Å². The Morgan fingerprint density at radius 1 is 1.15 bits per heavy atom. The minimum atomic E-state index is -0.158. The normalized spacial score (nSPS) is 10.7. The number of aromatic nitrogens is 3. The molecule has 0 saturated heterocycles. The van der Waals surface area contributed by atoms with Gasteiger partial charge in [0.05, 0.1) is 12.7 Å². The summed E-state index contributed by atoms with van der Waals surface area (Å²) >= 11 is 0. The smallest absolute Gasteiger partial charge is 0.255 e. The van der Waals surface area contributed by atoms with E-state index in [1.54, 1.807) is 24.5 Å². The van der Waals surface area contributed by atoms with Crippen molar-refractivity contribution >= 4 is 11.6 Å². The summed E-state index contributed by atoms with van der Waals surface area (Å²) in [5, 5.41) is 3.00. The molecule has 0 spiro atoms. The lowest BCUT2D eigenvalue weighted by atomic mass is 10.1. The van der Waals surface area contributed by atoms with Gasteiger partial charge in [0.1, 0.15) is 5.82 Å². The molecule has 2 heterocycles. The number of anilines is 1. The maximum atomic E-state index is 12.7. The van der Waals surface area contributed by atoms with Crippen LogP contribution in [0.4, 0.5) is 5.69 Å². The summed E-state index contributed by atoms with van der Waals surface area (Å²) in [6, 6.07) is 15.0. The third-order valence-corrected chi connectivity index (χ3v) is 4.39. The Balaban J connectivity index is 1.52. The van der Waals surface area contributed by atoms with E-state index in [2.05, 4.69) is 15.3 Å². The van der Waals surface area contributed by atoms with Crippen LogP contribution in [-0.2, 0) is 6.54 Å². The van der Waals surface area contributed by atoms with E-state index in [4.69, 9.17) is 4.42 Å². The molecule has 4 rings (SSSR count). The number of nitrogens with one attached hydrogen (secondary N) is 1. The lowest BCUT2D eigenvalue weighted by Crippen LogP contribution is -2.14.